The molecule has 3 atom stereocenters. The van der Waals surface area contributed by atoms with Gasteiger partial charge in [-0.3, -0.25) is 4.79 Å². The molecule has 0 fully saturated rings. The van der Waals surface area contributed by atoms with E-state index in [9.17, 15) is 9.18 Å². The highest BCUT2D eigenvalue weighted by molar-refractivity contribution is 6.31. The Labute approximate surface area is 177 Å². The van der Waals surface area contributed by atoms with Gasteiger partial charge in [0.2, 0.25) is 0 Å². The number of amidine groups is 1. The first kappa shape index (κ1) is 21.3. The normalized spacial score (nSPS) is 23.8. The van der Waals surface area contributed by atoms with Crippen molar-refractivity contribution in [2.45, 2.75) is 24.7 Å². The van der Waals surface area contributed by atoms with Crippen molar-refractivity contribution < 1.29 is 18.7 Å². The van der Waals surface area contributed by atoms with Crippen LogP contribution >= 0.6 is 23.2 Å². The maximum absolute atomic E-state index is 13.5. The number of benzene rings is 1. The zero-order valence-electron chi connectivity index (χ0n) is 15.7. The average molecular weight is 441 g/mol. The third-order valence-electron chi connectivity index (χ3n) is 4.64. The molecule has 0 aliphatic carbocycles. The fraction of sp³-hybridized carbons (Fsp3) is 0.316. The molecule has 0 radical (unpaired) electrons. The summed E-state index contributed by atoms with van der Waals surface area (Å²) in [5, 5.41) is 3.52. The minimum atomic E-state index is -1.13. The Balaban J connectivity index is 1.97. The van der Waals surface area contributed by atoms with Gasteiger partial charge >= 0.3 is 0 Å². The van der Waals surface area contributed by atoms with Crippen LogP contribution in [0.2, 0.25) is 10.0 Å². The number of aromatic nitrogens is 1. The molecule has 0 saturated heterocycles. The first-order valence-corrected chi connectivity index (χ1v) is 9.37. The van der Waals surface area contributed by atoms with Crippen LogP contribution in [0.1, 0.15) is 23.0 Å². The molecule has 10 heteroatoms. The number of aliphatic imine (C=N–C) groups is 1. The van der Waals surface area contributed by atoms with Crippen molar-refractivity contribution >= 4 is 40.8 Å². The van der Waals surface area contributed by atoms with E-state index in [2.05, 4.69) is 15.3 Å². The Kier molecular flexibility index (Phi) is 6.26. The summed E-state index contributed by atoms with van der Waals surface area (Å²) in [6.45, 7) is 0.896. The van der Waals surface area contributed by atoms with Crippen molar-refractivity contribution in [3.8, 4) is 0 Å². The van der Waals surface area contributed by atoms with Gasteiger partial charge in [0.05, 0.1) is 5.02 Å². The van der Waals surface area contributed by atoms with Crippen LogP contribution in [0.5, 0.6) is 0 Å². The molecule has 0 unspecified atom stereocenters. The van der Waals surface area contributed by atoms with E-state index in [1.807, 2.05) is 0 Å². The summed E-state index contributed by atoms with van der Waals surface area (Å²) in [7, 11) is 1.43. The Morgan fingerprint density at radius 2 is 2.14 bits per heavy atom. The van der Waals surface area contributed by atoms with E-state index in [4.69, 9.17) is 38.4 Å². The number of hydrogen-bond donors (Lipinski definition) is 2. The summed E-state index contributed by atoms with van der Waals surface area (Å²) in [4.78, 5) is 20.8. The van der Waals surface area contributed by atoms with Gasteiger partial charge in [-0.1, -0.05) is 23.2 Å². The molecule has 1 amide bonds. The first-order chi connectivity index (χ1) is 13.8. The number of alkyl halides is 1. The van der Waals surface area contributed by atoms with Crippen LogP contribution in [-0.2, 0) is 15.0 Å². The molecule has 0 spiro atoms. The van der Waals surface area contributed by atoms with Crippen molar-refractivity contribution in [1.82, 2.24) is 4.98 Å². The lowest BCUT2D eigenvalue weighted by Gasteiger charge is -2.41. The van der Waals surface area contributed by atoms with Crippen LogP contribution in [0.15, 0.2) is 41.5 Å². The highest BCUT2D eigenvalue weighted by atomic mass is 35.5. The lowest BCUT2D eigenvalue weighted by Crippen LogP contribution is -2.53. The van der Waals surface area contributed by atoms with Crippen molar-refractivity contribution in [2.75, 3.05) is 19.1 Å². The minimum Gasteiger partial charge on any atom is -0.456 e. The second-order valence-electron chi connectivity index (χ2n) is 6.57. The fourth-order valence-corrected chi connectivity index (χ4v) is 3.72. The van der Waals surface area contributed by atoms with E-state index >= 15 is 0 Å². The molecular weight excluding hydrogens is 422 g/mol. The molecule has 0 saturated carbocycles. The molecule has 2 aromatic rings. The van der Waals surface area contributed by atoms with Gasteiger partial charge in [0.25, 0.3) is 11.9 Å². The van der Waals surface area contributed by atoms with Gasteiger partial charge in [-0.2, -0.15) is 0 Å². The summed E-state index contributed by atoms with van der Waals surface area (Å²) < 4.78 is 24.2. The summed E-state index contributed by atoms with van der Waals surface area (Å²) in [6, 6.07) is 7.78. The van der Waals surface area contributed by atoms with E-state index in [0.717, 1.165) is 0 Å². The molecule has 29 heavy (non-hydrogen) atoms. The third kappa shape index (κ3) is 4.29. The van der Waals surface area contributed by atoms with Crippen molar-refractivity contribution in [3.63, 3.8) is 0 Å². The van der Waals surface area contributed by atoms with Crippen LogP contribution in [0.25, 0.3) is 0 Å². The second kappa shape index (κ2) is 8.52. The standard InChI is InChI=1S/C19H19Cl2FN4O3/c1-19(16(28-2)15(8-22)29-18(23)26-19)12-7-11(4-5-13(12)21)25-17(27)14-6-3-10(20)9-24-14/h3-7,9,15-16H,8H2,1-2H3,(H2,23,26)(H,25,27)/t15-,16+,19-/m1/s1. The molecule has 7 nitrogen and oxygen atoms in total. The van der Waals surface area contributed by atoms with Crippen LogP contribution in [0.4, 0.5) is 10.1 Å². The van der Waals surface area contributed by atoms with Gasteiger partial charge in [0.15, 0.2) is 6.10 Å². The molecule has 2 heterocycles. The zero-order chi connectivity index (χ0) is 21.2. The third-order valence-corrected chi connectivity index (χ3v) is 5.19. The Morgan fingerprint density at radius 1 is 1.38 bits per heavy atom. The quantitative estimate of drug-likeness (QED) is 0.740. The zero-order valence-corrected chi connectivity index (χ0v) is 17.2. The number of anilines is 1. The number of amides is 1. The lowest BCUT2D eigenvalue weighted by molar-refractivity contribution is -0.0697. The van der Waals surface area contributed by atoms with Gasteiger partial charge in [0, 0.05) is 29.6 Å². The number of carbonyl (C=O) groups excluding carboxylic acids is 1. The van der Waals surface area contributed by atoms with E-state index in [-0.39, 0.29) is 11.7 Å². The Morgan fingerprint density at radius 3 is 2.76 bits per heavy atom. The van der Waals surface area contributed by atoms with E-state index < -0.39 is 30.3 Å². The molecule has 1 aliphatic rings. The van der Waals surface area contributed by atoms with E-state index in [0.29, 0.717) is 21.3 Å². The lowest BCUT2D eigenvalue weighted by atomic mass is 9.83. The first-order valence-electron chi connectivity index (χ1n) is 8.62. The molecule has 1 aromatic carbocycles. The fourth-order valence-electron chi connectivity index (χ4n) is 3.30. The predicted molar refractivity (Wildman–Crippen MR) is 109 cm³/mol. The SMILES string of the molecule is CO[C@H]1[C@@H](CF)OC(N)=N[C@]1(C)c1cc(NC(=O)c2ccc(Cl)cn2)ccc1Cl. The van der Waals surface area contributed by atoms with Crippen LogP contribution < -0.4 is 11.1 Å². The van der Waals surface area contributed by atoms with Crippen LogP contribution in [0.3, 0.4) is 0 Å². The van der Waals surface area contributed by atoms with E-state index in [1.54, 1.807) is 31.2 Å². The van der Waals surface area contributed by atoms with Gasteiger partial charge in [-0.25, -0.2) is 14.4 Å². The van der Waals surface area contributed by atoms with Crippen LogP contribution in [-0.4, -0.2) is 42.9 Å². The second-order valence-corrected chi connectivity index (χ2v) is 7.42. The van der Waals surface area contributed by atoms with Gasteiger partial charge in [0.1, 0.15) is 24.0 Å². The summed E-state index contributed by atoms with van der Waals surface area (Å²) in [5.41, 5.74) is 5.76. The number of pyridine rings is 1. The molecule has 1 aromatic heterocycles. The molecule has 3 N–H and O–H groups in total. The Bertz CT molecular complexity index is 942. The van der Waals surface area contributed by atoms with Gasteiger partial charge in [-0.05, 0) is 37.3 Å². The number of halogens is 3. The van der Waals surface area contributed by atoms with E-state index in [1.165, 1.54) is 19.4 Å². The predicted octanol–water partition coefficient (Wildman–Crippen LogP) is 3.55. The minimum absolute atomic E-state index is 0.167. The number of hydrogen-bond acceptors (Lipinski definition) is 6. The molecular formula is C19H19Cl2FN4O3. The number of rotatable bonds is 5. The van der Waals surface area contributed by atoms with Crippen LogP contribution in [0, 0.1) is 0 Å². The maximum atomic E-state index is 13.5. The number of nitrogens with one attached hydrogen (secondary N) is 1. The van der Waals surface area contributed by atoms with Crippen molar-refractivity contribution in [2.24, 2.45) is 10.7 Å². The molecule has 154 valence electrons. The topological polar surface area (TPSA) is 98.8 Å². The molecule has 0 bridgehead atoms. The largest absolute Gasteiger partial charge is 0.456 e. The summed E-state index contributed by atoms with van der Waals surface area (Å²) in [5.74, 6) is -0.431. The Hall–Kier alpha value is -2.42. The van der Waals surface area contributed by atoms with Gasteiger partial charge < -0.3 is 20.5 Å². The highest BCUT2D eigenvalue weighted by Gasteiger charge is 2.47. The number of carbonyl (C=O) groups is 1. The van der Waals surface area contributed by atoms with Gasteiger partial charge in [-0.15, -0.1) is 0 Å². The molecule has 1 aliphatic heterocycles. The number of nitrogens with two attached hydrogens (primary N) is 1. The van der Waals surface area contributed by atoms with Crippen molar-refractivity contribution in [3.05, 3.63) is 57.8 Å². The smallest absolute Gasteiger partial charge is 0.283 e. The number of ether oxygens (including phenoxy) is 2. The number of methoxy groups -OCH3 is 1. The highest BCUT2D eigenvalue weighted by Crippen LogP contribution is 2.41. The summed E-state index contributed by atoms with van der Waals surface area (Å²) in [6.07, 6.45) is -0.360. The number of nitrogens with zero attached hydrogens (tertiary/aromatic N) is 2. The maximum Gasteiger partial charge on any atom is 0.283 e. The van der Waals surface area contributed by atoms with Crippen molar-refractivity contribution in [1.29, 1.82) is 0 Å². The average Bonchev–Trinajstić information content (AvgIpc) is 2.69. The molecule has 3 rings (SSSR count). The summed E-state index contributed by atoms with van der Waals surface area (Å²) >= 11 is 12.2. The monoisotopic (exact) mass is 440 g/mol.